The Morgan fingerprint density at radius 3 is 2.86 bits per heavy atom. The normalized spacial score (nSPS) is 22.5. The third kappa shape index (κ3) is 2.56. The number of nitrogens with zero attached hydrogens (tertiary/aromatic N) is 3. The number of benzene rings is 1. The van der Waals surface area contributed by atoms with Crippen molar-refractivity contribution in [2.24, 2.45) is 5.92 Å². The minimum Gasteiger partial charge on any atom is -0.423 e. The van der Waals surface area contributed by atoms with Gasteiger partial charge in [-0.1, -0.05) is 12.1 Å². The smallest absolute Gasteiger partial charge is 0.298 e. The maximum absolute atomic E-state index is 12.6. The second-order valence-corrected chi connectivity index (χ2v) is 7.06. The number of fused-ring (bicyclic) bond motifs is 1. The highest BCUT2D eigenvalue weighted by Gasteiger charge is 2.33. The largest absolute Gasteiger partial charge is 0.423 e. The number of hydrogen-bond acceptors (Lipinski definition) is 5. The van der Waals surface area contributed by atoms with E-state index in [1.165, 1.54) is 0 Å². The zero-order valence-electron chi connectivity index (χ0n) is 12.4. The molecule has 0 N–H and O–H groups in total. The third-order valence-corrected chi connectivity index (χ3v) is 5.36. The van der Waals surface area contributed by atoms with Crippen LogP contribution in [0.4, 0.5) is 6.01 Å². The molecule has 2 fully saturated rings. The van der Waals surface area contributed by atoms with Crippen LogP contribution in [0.3, 0.4) is 0 Å². The number of thioether (sulfide) groups is 1. The molecule has 1 atom stereocenters. The molecule has 1 aromatic heterocycles. The van der Waals surface area contributed by atoms with E-state index in [-0.39, 0.29) is 5.92 Å². The van der Waals surface area contributed by atoms with E-state index in [1.54, 1.807) is 0 Å². The Hall–Kier alpha value is -1.69. The highest BCUT2D eigenvalue weighted by molar-refractivity contribution is 7.99. The van der Waals surface area contributed by atoms with Gasteiger partial charge < -0.3 is 14.2 Å². The van der Waals surface area contributed by atoms with Crippen molar-refractivity contribution in [1.29, 1.82) is 0 Å². The Balaban J connectivity index is 1.46. The van der Waals surface area contributed by atoms with E-state index in [0.717, 1.165) is 55.2 Å². The van der Waals surface area contributed by atoms with Crippen LogP contribution in [-0.4, -0.2) is 53.5 Å². The lowest BCUT2D eigenvalue weighted by molar-refractivity contribution is -0.134. The van der Waals surface area contributed by atoms with Crippen molar-refractivity contribution in [2.45, 2.75) is 6.42 Å². The van der Waals surface area contributed by atoms with Gasteiger partial charge in [-0.3, -0.25) is 4.79 Å². The van der Waals surface area contributed by atoms with Crippen molar-refractivity contribution in [3.05, 3.63) is 24.3 Å². The molecule has 1 aromatic carbocycles. The summed E-state index contributed by atoms with van der Waals surface area (Å²) in [5.74, 6) is 2.51. The molecule has 5 nitrogen and oxygen atoms in total. The lowest BCUT2D eigenvalue weighted by atomic mass is 10.1. The molecule has 0 bridgehead atoms. The van der Waals surface area contributed by atoms with E-state index in [1.807, 2.05) is 40.9 Å². The van der Waals surface area contributed by atoms with E-state index in [4.69, 9.17) is 4.42 Å². The molecular weight excluding hydrogens is 298 g/mol. The number of para-hydroxylation sites is 2. The van der Waals surface area contributed by atoms with Gasteiger partial charge in [-0.05, 0) is 18.6 Å². The van der Waals surface area contributed by atoms with Crippen molar-refractivity contribution in [2.75, 3.05) is 42.6 Å². The van der Waals surface area contributed by atoms with Crippen LogP contribution in [0.2, 0.25) is 0 Å². The Bertz CT molecular complexity index is 648. The predicted molar refractivity (Wildman–Crippen MR) is 88.2 cm³/mol. The Labute approximate surface area is 133 Å². The van der Waals surface area contributed by atoms with Crippen LogP contribution in [0.1, 0.15) is 6.42 Å². The topological polar surface area (TPSA) is 49.6 Å². The lowest BCUT2D eigenvalue weighted by Crippen LogP contribution is -2.42. The molecule has 2 saturated heterocycles. The van der Waals surface area contributed by atoms with Gasteiger partial charge in [0.2, 0.25) is 5.91 Å². The first-order chi connectivity index (χ1) is 10.8. The molecule has 1 unspecified atom stereocenters. The quantitative estimate of drug-likeness (QED) is 0.850. The van der Waals surface area contributed by atoms with Crippen LogP contribution >= 0.6 is 11.8 Å². The van der Waals surface area contributed by atoms with Crippen LogP contribution in [0.25, 0.3) is 11.1 Å². The summed E-state index contributed by atoms with van der Waals surface area (Å²) in [6.45, 7) is 3.34. The molecule has 22 heavy (non-hydrogen) atoms. The van der Waals surface area contributed by atoms with Gasteiger partial charge in [-0.15, -0.1) is 0 Å². The van der Waals surface area contributed by atoms with E-state index in [2.05, 4.69) is 9.88 Å². The van der Waals surface area contributed by atoms with Gasteiger partial charge >= 0.3 is 0 Å². The van der Waals surface area contributed by atoms with Crippen LogP contribution < -0.4 is 4.90 Å². The highest BCUT2D eigenvalue weighted by atomic mass is 32.2. The molecule has 1 amide bonds. The van der Waals surface area contributed by atoms with Crippen molar-refractivity contribution in [3.8, 4) is 0 Å². The third-order valence-electron chi connectivity index (χ3n) is 4.41. The molecule has 2 aliphatic rings. The van der Waals surface area contributed by atoms with E-state index >= 15 is 0 Å². The summed E-state index contributed by atoms with van der Waals surface area (Å²) >= 11 is 1.93. The van der Waals surface area contributed by atoms with E-state index in [0.29, 0.717) is 11.9 Å². The van der Waals surface area contributed by atoms with E-state index < -0.39 is 0 Å². The van der Waals surface area contributed by atoms with Gasteiger partial charge in [0.05, 0.1) is 5.92 Å². The zero-order valence-corrected chi connectivity index (χ0v) is 13.2. The Morgan fingerprint density at radius 1 is 1.23 bits per heavy atom. The molecule has 4 rings (SSSR count). The van der Waals surface area contributed by atoms with Crippen molar-refractivity contribution < 1.29 is 9.21 Å². The highest BCUT2D eigenvalue weighted by Crippen LogP contribution is 2.28. The Kier molecular flexibility index (Phi) is 3.70. The lowest BCUT2D eigenvalue weighted by Gasteiger charge is -2.28. The molecule has 0 radical (unpaired) electrons. The number of amides is 1. The summed E-state index contributed by atoms with van der Waals surface area (Å²) in [6, 6.07) is 8.43. The summed E-state index contributed by atoms with van der Waals surface area (Å²) in [6.07, 6.45) is 0.890. The fourth-order valence-electron chi connectivity index (χ4n) is 3.17. The minimum absolute atomic E-state index is 0.0816. The van der Waals surface area contributed by atoms with Gasteiger partial charge in [0.1, 0.15) is 5.52 Å². The first kappa shape index (κ1) is 13.9. The number of rotatable bonds is 2. The van der Waals surface area contributed by atoms with Gasteiger partial charge in [0, 0.05) is 37.7 Å². The number of aromatic nitrogens is 1. The van der Waals surface area contributed by atoms with Crippen LogP contribution in [0.5, 0.6) is 0 Å². The van der Waals surface area contributed by atoms with Crippen LogP contribution in [0, 0.1) is 5.92 Å². The summed E-state index contributed by atoms with van der Waals surface area (Å²) in [5.41, 5.74) is 1.68. The number of carbonyl (C=O) groups excluding carboxylic acids is 1. The average molecular weight is 317 g/mol. The van der Waals surface area contributed by atoms with Gasteiger partial charge in [0.15, 0.2) is 5.58 Å². The number of carbonyl (C=O) groups is 1. The summed E-state index contributed by atoms with van der Waals surface area (Å²) < 4.78 is 5.81. The number of hydrogen-bond donors (Lipinski definition) is 0. The summed E-state index contributed by atoms with van der Waals surface area (Å²) in [5, 5.41) is 0. The average Bonchev–Trinajstić information content (AvgIpc) is 3.21. The number of anilines is 1. The maximum Gasteiger partial charge on any atom is 0.298 e. The molecule has 2 aromatic rings. The second-order valence-electron chi connectivity index (χ2n) is 5.83. The molecule has 2 aliphatic heterocycles. The van der Waals surface area contributed by atoms with Gasteiger partial charge in [-0.25, -0.2) is 0 Å². The summed E-state index contributed by atoms with van der Waals surface area (Å²) in [7, 11) is 0. The SMILES string of the molecule is O=C(C1CCN(c2nc3ccccc3o2)C1)N1CCSCC1. The first-order valence-electron chi connectivity index (χ1n) is 7.78. The molecule has 116 valence electrons. The molecule has 6 heteroatoms. The van der Waals surface area contributed by atoms with E-state index in [9.17, 15) is 4.79 Å². The van der Waals surface area contributed by atoms with Gasteiger partial charge in [-0.2, -0.15) is 16.7 Å². The Morgan fingerprint density at radius 2 is 2.05 bits per heavy atom. The molecule has 0 spiro atoms. The molecule has 0 aliphatic carbocycles. The fraction of sp³-hybridized carbons (Fsp3) is 0.500. The molecule has 3 heterocycles. The second kappa shape index (κ2) is 5.83. The van der Waals surface area contributed by atoms with Crippen molar-refractivity contribution in [1.82, 2.24) is 9.88 Å². The van der Waals surface area contributed by atoms with Crippen LogP contribution in [-0.2, 0) is 4.79 Å². The standard InChI is InChI=1S/C16H19N3O2S/c20-15(18-7-9-22-10-8-18)12-5-6-19(11-12)16-17-13-3-1-2-4-14(13)21-16/h1-4,12H,5-11H2. The fourth-order valence-corrected chi connectivity index (χ4v) is 4.08. The van der Waals surface area contributed by atoms with Gasteiger partial charge in [0.25, 0.3) is 6.01 Å². The maximum atomic E-state index is 12.6. The number of oxazole rings is 1. The zero-order chi connectivity index (χ0) is 14.9. The first-order valence-corrected chi connectivity index (χ1v) is 8.94. The van der Waals surface area contributed by atoms with Crippen LogP contribution in [0.15, 0.2) is 28.7 Å². The summed E-state index contributed by atoms with van der Waals surface area (Å²) in [4.78, 5) is 21.2. The molecular formula is C16H19N3O2S. The monoisotopic (exact) mass is 317 g/mol. The molecule has 0 saturated carbocycles. The predicted octanol–water partition coefficient (Wildman–Crippen LogP) is 2.23. The van der Waals surface area contributed by atoms with Crippen molar-refractivity contribution >= 4 is 34.8 Å². The minimum atomic E-state index is 0.0816. The van der Waals surface area contributed by atoms with Crippen molar-refractivity contribution in [3.63, 3.8) is 0 Å².